The van der Waals surface area contributed by atoms with Crippen molar-refractivity contribution in [3.05, 3.63) is 24.2 Å². The number of nitrogens with one attached hydrogen (secondary N) is 1. The predicted octanol–water partition coefficient (Wildman–Crippen LogP) is 1.86. The average molecular weight is 251 g/mol. The largest absolute Gasteiger partial charge is 0.463 e. The zero-order chi connectivity index (χ0) is 12.3. The van der Waals surface area contributed by atoms with Gasteiger partial charge in [0.1, 0.15) is 5.76 Å². The molecule has 0 unspecified atom stereocenters. The van der Waals surface area contributed by atoms with E-state index in [1.54, 1.807) is 18.4 Å². The average Bonchev–Trinajstić information content (AvgIpc) is 2.88. The van der Waals surface area contributed by atoms with Gasteiger partial charge in [-0.1, -0.05) is 25.6 Å². The molecule has 0 spiro atoms. The van der Waals surface area contributed by atoms with Crippen molar-refractivity contribution in [1.29, 1.82) is 0 Å². The number of rotatable bonds is 3. The van der Waals surface area contributed by atoms with E-state index in [0.717, 1.165) is 0 Å². The molecule has 0 bridgehead atoms. The van der Waals surface area contributed by atoms with Gasteiger partial charge in [0.25, 0.3) is 0 Å². The lowest BCUT2D eigenvalue weighted by Gasteiger charge is -2.07. The molecule has 1 saturated heterocycles. The number of carbonyl (C=O) groups is 1. The molecule has 0 saturated carbocycles. The van der Waals surface area contributed by atoms with Crippen molar-refractivity contribution < 1.29 is 9.21 Å². The van der Waals surface area contributed by atoms with E-state index in [9.17, 15) is 4.79 Å². The zero-order valence-corrected chi connectivity index (χ0v) is 10.4. The fourth-order valence-corrected chi connectivity index (χ4v) is 2.30. The SMILES string of the molecule is CC(C)[C@H]1SC(=N/N=C\c2ccco2)NC1=O. The molecule has 1 aliphatic heterocycles. The number of nitrogens with zero attached hydrogens (tertiary/aromatic N) is 2. The van der Waals surface area contributed by atoms with Gasteiger partial charge in [-0.15, -0.1) is 5.10 Å². The van der Waals surface area contributed by atoms with E-state index in [-0.39, 0.29) is 17.1 Å². The molecule has 2 heterocycles. The highest BCUT2D eigenvalue weighted by Gasteiger charge is 2.32. The molecule has 0 aromatic carbocycles. The minimum absolute atomic E-state index is 0.00283. The Hall–Kier alpha value is -1.56. The molecule has 2 rings (SSSR count). The summed E-state index contributed by atoms with van der Waals surface area (Å²) in [7, 11) is 0. The number of furan rings is 1. The van der Waals surface area contributed by atoms with Crippen molar-refractivity contribution in [3.63, 3.8) is 0 Å². The van der Waals surface area contributed by atoms with Gasteiger partial charge < -0.3 is 9.73 Å². The molecule has 1 aromatic rings. The number of amides is 1. The topological polar surface area (TPSA) is 67.0 Å². The van der Waals surface area contributed by atoms with E-state index in [0.29, 0.717) is 10.9 Å². The summed E-state index contributed by atoms with van der Waals surface area (Å²) in [6.07, 6.45) is 3.07. The quantitative estimate of drug-likeness (QED) is 0.658. The first-order valence-electron chi connectivity index (χ1n) is 5.29. The van der Waals surface area contributed by atoms with Gasteiger partial charge in [-0.05, 0) is 18.1 Å². The van der Waals surface area contributed by atoms with E-state index in [1.165, 1.54) is 18.0 Å². The van der Waals surface area contributed by atoms with Gasteiger partial charge in [-0.25, -0.2) is 0 Å². The highest BCUT2D eigenvalue weighted by Crippen LogP contribution is 2.25. The molecule has 0 aliphatic carbocycles. The fraction of sp³-hybridized carbons (Fsp3) is 0.364. The van der Waals surface area contributed by atoms with Gasteiger partial charge in [-0.2, -0.15) is 5.10 Å². The summed E-state index contributed by atoms with van der Waals surface area (Å²) < 4.78 is 5.07. The minimum atomic E-state index is -0.0763. The third kappa shape index (κ3) is 2.97. The summed E-state index contributed by atoms with van der Waals surface area (Å²) in [4.78, 5) is 11.5. The standard InChI is InChI=1S/C11H13N3O2S/c1-7(2)9-10(15)13-11(17-9)14-12-6-8-4-3-5-16-8/h3-7,9H,1-2H3,(H,13,14,15)/b12-6-/t9-/m1/s1. The summed E-state index contributed by atoms with van der Waals surface area (Å²) >= 11 is 1.41. The number of hydrogen-bond acceptors (Lipinski definition) is 5. The van der Waals surface area contributed by atoms with Gasteiger partial charge in [0.2, 0.25) is 5.91 Å². The molecule has 6 heteroatoms. The summed E-state index contributed by atoms with van der Waals surface area (Å²) in [5.41, 5.74) is 0. The van der Waals surface area contributed by atoms with Crippen LogP contribution in [-0.2, 0) is 4.79 Å². The molecule has 1 amide bonds. The Kier molecular flexibility index (Phi) is 3.63. The smallest absolute Gasteiger partial charge is 0.239 e. The number of amidine groups is 1. The Bertz CT molecular complexity index is 451. The van der Waals surface area contributed by atoms with Gasteiger partial charge in [0.15, 0.2) is 5.17 Å². The summed E-state index contributed by atoms with van der Waals surface area (Å²) in [5.74, 6) is 0.905. The number of thioether (sulfide) groups is 1. The molecule has 17 heavy (non-hydrogen) atoms. The minimum Gasteiger partial charge on any atom is -0.463 e. The molecule has 1 fully saturated rings. The second-order valence-electron chi connectivity index (χ2n) is 3.94. The van der Waals surface area contributed by atoms with E-state index in [2.05, 4.69) is 15.5 Å². The maximum atomic E-state index is 11.5. The maximum absolute atomic E-state index is 11.5. The fourth-order valence-electron chi connectivity index (χ4n) is 1.37. The lowest BCUT2D eigenvalue weighted by Crippen LogP contribution is -2.27. The van der Waals surface area contributed by atoms with Crippen LogP contribution in [0.4, 0.5) is 0 Å². The highest BCUT2D eigenvalue weighted by atomic mass is 32.2. The van der Waals surface area contributed by atoms with E-state index >= 15 is 0 Å². The van der Waals surface area contributed by atoms with Crippen molar-refractivity contribution in [2.45, 2.75) is 19.1 Å². The highest BCUT2D eigenvalue weighted by molar-refractivity contribution is 8.15. The Labute approximate surface area is 103 Å². The molecule has 1 aromatic heterocycles. The van der Waals surface area contributed by atoms with Crippen LogP contribution < -0.4 is 5.32 Å². The number of carbonyl (C=O) groups excluding carboxylic acids is 1. The summed E-state index contributed by atoms with van der Waals surface area (Å²) in [6.45, 7) is 4.01. The monoisotopic (exact) mass is 251 g/mol. The Morgan fingerprint density at radius 1 is 1.59 bits per heavy atom. The Morgan fingerprint density at radius 3 is 3.00 bits per heavy atom. The third-order valence-corrected chi connectivity index (χ3v) is 3.63. The Balaban J connectivity index is 1.98. The van der Waals surface area contributed by atoms with Gasteiger partial charge in [-0.3, -0.25) is 4.79 Å². The van der Waals surface area contributed by atoms with Crippen LogP contribution in [0.15, 0.2) is 33.0 Å². The van der Waals surface area contributed by atoms with Crippen molar-refractivity contribution in [2.24, 2.45) is 16.1 Å². The van der Waals surface area contributed by atoms with Crippen LogP contribution in [0.2, 0.25) is 0 Å². The molecule has 1 atom stereocenters. The molecular weight excluding hydrogens is 238 g/mol. The summed E-state index contributed by atoms with van der Waals surface area (Å²) in [5, 5.41) is 11.0. The first-order valence-corrected chi connectivity index (χ1v) is 6.17. The van der Waals surface area contributed by atoms with Crippen LogP contribution >= 0.6 is 11.8 Å². The van der Waals surface area contributed by atoms with Crippen molar-refractivity contribution >= 4 is 29.1 Å². The van der Waals surface area contributed by atoms with Gasteiger partial charge >= 0.3 is 0 Å². The van der Waals surface area contributed by atoms with Crippen LogP contribution in [0.1, 0.15) is 19.6 Å². The molecule has 90 valence electrons. The second-order valence-corrected chi connectivity index (χ2v) is 5.07. The van der Waals surface area contributed by atoms with E-state index in [1.807, 2.05) is 13.8 Å². The van der Waals surface area contributed by atoms with Crippen LogP contribution in [0.25, 0.3) is 0 Å². The summed E-state index contributed by atoms with van der Waals surface area (Å²) in [6, 6.07) is 3.55. The van der Waals surface area contributed by atoms with E-state index < -0.39 is 0 Å². The lowest BCUT2D eigenvalue weighted by atomic mass is 10.1. The van der Waals surface area contributed by atoms with Gasteiger partial charge in [0.05, 0.1) is 17.7 Å². The van der Waals surface area contributed by atoms with Crippen molar-refractivity contribution in [3.8, 4) is 0 Å². The maximum Gasteiger partial charge on any atom is 0.239 e. The molecular formula is C11H13N3O2S. The van der Waals surface area contributed by atoms with Gasteiger partial charge in [0, 0.05) is 0 Å². The van der Waals surface area contributed by atoms with Crippen LogP contribution in [0.3, 0.4) is 0 Å². The van der Waals surface area contributed by atoms with Crippen molar-refractivity contribution in [2.75, 3.05) is 0 Å². The normalized spacial score (nSPS) is 22.9. The van der Waals surface area contributed by atoms with Crippen molar-refractivity contribution in [1.82, 2.24) is 5.32 Å². The molecule has 1 N–H and O–H groups in total. The number of hydrogen-bond donors (Lipinski definition) is 1. The second kappa shape index (κ2) is 5.18. The van der Waals surface area contributed by atoms with Crippen LogP contribution in [0, 0.1) is 5.92 Å². The Morgan fingerprint density at radius 2 is 2.41 bits per heavy atom. The molecule has 5 nitrogen and oxygen atoms in total. The molecule has 1 aliphatic rings. The van der Waals surface area contributed by atoms with E-state index in [4.69, 9.17) is 4.42 Å². The first-order chi connectivity index (χ1) is 8.16. The first kappa shape index (κ1) is 11.9. The molecule has 0 radical (unpaired) electrons. The zero-order valence-electron chi connectivity index (χ0n) is 9.58. The van der Waals surface area contributed by atoms with Crippen LogP contribution in [0.5, 0.6) is 0 Å². The predicted molar refractivity (Wildman–Crippen MR) is 68.1 cm³/mol. The van der Waals surface area contributed by atoms with Crippen LogP contribution in [-0.4, -0.2) is 22.5 Å². The lowest BCUT2D eigenvalue weighted by molar-refractivity contribution is -0.119. The third-order valence-electron chi connectivity index (χ3n) is 2.21.